The summed E-state index contributed by atoms with van der Waals surface area (Å²) in [7, 11) is 0. The molecule has 2 heterocycles. The molecule has 36 heavy (non-hydrogen) atoms. The lowest BCUT2D eigenvalue weighted by atomic mass is 9.97. The van der Waals surface area contributed by atoms with E-state index in [1.807, 2.05) is 24.3 Å². The number of halogens is 2. The molecule has 6 nitrogen and oxygen atoms in total. The normalized spacial score (nSPS) is 14.3. The average molecular weight is 530 g/mol. The molecular formula is C27H29ClFN3O3S. The van der Waals surface area contributed by atoms with Gasteiger partial charge >= 0.3 is 5.97 Å². The molecule has 2 aromatic carbocycles. The van der Waals surface area contributed by atoms with E-state index < -0.39 is 0 Å². The van der Waals surface area contributed by atoms with Gasteiger partial charge in [0.15, 0.2) is 0 Å². The van der Waals surface area contributed by atoms with E-state index in [1.165, 1.54) is 23.5 Å². The Hall–Kier alpha value is -2.81. The Morgan fingerprint density at radius 2 is 1.83 bits per heavy atom. The zero-order valence-corrected chi connectivity index (χ0v) is 21.7. The van der Waals surface area contributed by atoms with Gasteiger partial charge in [0.25, 0.3) is 5.91 Å². The number of amides is 1. The van der Waals surface area contributed by atoms with Crippen LogP contribution in [0.5, 0.6) is 0 Å². The number of thiazole rings is 1. The molecule has 1 aromatic heterocycles. The lowest BCUT2D eigenvalue weighted by molar-refractivity contribution is -0.149. The highest BCUT2D eigenvalue weighted by Gasteiger charge is 2.29. The summed E-state index contributed by atoms with van der Waals surface area (Å²) in [5.41, 5.74) is 2.46. The Kier molecular flexibility index (Phi) is 9.07. The minimum Gasteiger partial charge on any atom is -0.466 e. The summed E-state index contributed by atoms with van der Waals surface area (Å²) in [6, 6.07) is 14.2. The Labute approximate surface area is 219 Å². The number of benzene rings is 2. The van der Waals surface area contributed by atoms with Crippen molar-refractivity contribution in [2.24, 2.45) is 5.92 Å². The van der Waals surface area contributed by atoms with Crippen molar-refractivity contribution in [3.8, 4) is 0 Å². The molecular weight excluding hydrogens is 501 g/mol. The van der Waals surface area contributed by atoms with Gasteiger partial charge in [-0.2, -0.15) is 0 Å². The highest BCUT2D eigenvalue weighted by atomic mass is 35.5. The lowest BCUT2D eigenvalue weighted by Crippen LogP contribution is -2.40. The predicted molar refractivity (Wildman–Crippen MR) is 138 cm³/mol. The van der Waals surface area contributed by atoms with Gasteiger partial charge in [0.1, 0.15) is 16.5 Å². The molecule has 0 N–H and O–H groups in total. The van der Waals surface area contributed by atoms with Gasteiger partial charge in [-0.25, -0.2) is 9.37 Å². The van der Waals surface area contributed by atoms with Crippen LogP contribution in [-0.4, -0.2) is 46.4 Å². The number of likely N-dealkylation sites (tertiary alicyclic amines) is 1. The van der Waals surface area contributed by atoms with E-state index in [1.54, 1.807) is 29.3 Å². The fourth-order valence-corrected chi connectivity index (χ4v) is 5.34. The van der Waals surface area contributed by atoms with Crippen LogP contribution in [0.2, 0.25) is 5.02 Å². The van der Waals surface area contributed by atoms with Crippen molar-refractivity contribution >= 4 is 34.8 Å². The quantitative estimate of drug-likeness (QED) is 0.340. The summed E-state index contributed by atoms with van der Waals surface area (Å²) >= 11 is 7.63. The van der Waals surface area contributed by atoms with Gasteiger partial charge in [-0.15, -0.1) is 11.3 Å². The number of hydrogen-bond donors (Lipinski definition) is 0. The van der Waals surface area contributed by atoms with Gasteiger partial charge < -0.3 is 9.64 Å². The zero-order chi connectivity index (χ0) is 25.5. The van der Waals surface area contributed by atoms with Crippen LogP contribution < -0.4 is 0 Å². The Morgan fingerprint density at radius 3 is 2.53 bits per heavy atom. The molecule has 1 amide bonds. The Bertz CT molecular complexity index is 1180. The van der Waals surface area contributed by atoms with Crippen LogP contribution in [0, 0.1) is 11.7 Å². The smallest absolute Gasteiger partial charge is 0.309 e. The van der Waals surface area contributed by atoms with Crippen LogP contribution in [-0.2, 0) is 29.2 Å². The third-order valence-electron chi connectivity index (χ3n) is 6.15. The van der Waals surface area contributed by atoms with Crippen LogP contribution in [0.15, 0.2) is 53.9 Å². The van der Waals surface area contributed by atoms with Gasteiger partial charge in [0.05, 0.1) is 19.1 Å². The molecule has 0 spiro atoms. The number of nitrogens with zero attached hydrogens (tertiary/aromatic N) is 3. The van der Waals surface area contributed by atoms with E-state index in [0.29, 0.717) is 62.9 Å². The van der Waals surface area contributed by atoms with E-state index in [-0.39, 0.29) is 23.6 Å². The van der Waals surface area contributed by atoms with Crippen LogP contribution in [0.1, 0.15) is 46.4 Å². The number of carbonyl (C=O) groups excluding carboxylic acids is 2. The van der Waals surface area contributed by atoms with Gasteiger partial charge in [-0.3, -0.25) is 14.5 Å². The van der Waals surface area contributed by atoms with E-state index in [4.69, 9.17) is 16.3 Å². The molecule has 190 valence electrons. The van der Waals surface area contributed by atoms with Crippen molar-refractivity contribution in [1.29, 1.82) is 0 Å². The summed E-state index contributed by atoms with van der Waals surface area (Å²) in [4.78, 5) is 33.6. The fraction of sp³-hybridized carbons (Fsp3) is 0.370. The number of carbonyl (C=O) groups is 2. The van der Waals surface area contributed by atoms with Crippen molar-refractivity contribution in [3.63, 3.8) is 0 Å². The van der Waals surface area contributed by atoms with Crippen LogP contribution in [0.25, 0.3) is 0 Å². The minimum atomic E-state index is -0.269. The number of aromatic nitrogens is 1. The summed E-state index contributed by atoms with van der Waals surface area (Å²) in [6.45, 7) is 4.95. The number of esters is 1. The first-order valence-electron chi connectivity index (χ1n) is 12.0. The number of hydrogen-bond acceptors (Lipinski definition) is 6. The highest BCUT2D eigenvalue weighted by Crippen LogP contribution is 2.23. The largest absolute Gasteiger partial charge is 0.466 e. The standard InChI is InChI=1S/C27H29ClFN3O3S/c1-2-35-27(34)21-10-12-32(13-11-21)26(33)24-18-36-25(30-24)17-31(15-19-6-8-23(29)9-7-19)16-20-4-3-5-22(28)14-20/h3-9,14,18,21H,2,10-13,15-17H2,1H3. The first kappa shape index (κ1) is 26.3. The Balaban J connectivity index is 1.41. The molecule has 4 rings (SSSR count). The molecule has 0 radical (unpaired) electrons. The second-order valence-corrected chi connectivity index (χ2v) is 10.2. The third kappa shape index (κ3) is 7.12. The van der Waals surface area contributed by atoms with E-state index in [2.05, 4.69) is 9.88 Å². The van der Waals surface area contributed by atoms with Crippen LogP contribution in [0.4, 0.5) is 4.39 Å². The van der Waals surface area contributed by atoms with Crippen molar-refractivity contribution < 1.29 is 18.7 Å². The summed E-state index contributed by atoms with van der Waals surface area (Å²) in [6.07, 6.45) is 1.21. The maximum Gasteiger partial charge on any atom is 0.309 e. The van der Waals surface area contributed by atoms with Gasteiger partial charge in [-0.1, -0.05) is 35.9 Å². The lowest BCUT2D eigenvalue weighted by Gasteiger charge is -2.30. The Morgan fingerprint density at radius 1 is 1.11 bits per heavy atom. The molecule has 0 saturated carbocycles. The van der Waals surface area contributed by atoms with E-state index >= 15 is 0 Å². The maximum absolute atomic E-state index is 13.4. The van der Waals surface area contributed by atoms with E-state index in [0.717, 1.165) is 16.1 Å². The number of ether oxygens (including phenoxy) is 1. The SMILES string of the molecule is CCOC(=O)C1CCN(C(=O)c2csc(CN(Cc3ccc(F)cc3)Cc3cccc(Cl)c3)n2)CC1. The van der Waals surface area contributed by atoms with Crippen molar-refractivity contribution in [3.05, 3.63) is 86.6 Å². The first-order valence-corrected chi connectivity index (χ1v) is 13.3. The predicted octanol–water partition coefficient (Wildman–Crippen LogP) is 5.55. The first-order chi connectivity index (χ1) is 17.4. The van der Waals surface area contributed by atoms with Gasteiger partial charge in [-0.05, 0) is 55.2 Å². The molecule has 0 aliphatic carbocycles. The van der Waals surface area contributed by atoms with Crippen molar-refractivity contribution in [2.75, 3.05) is 19.7 Å². The summed E-state index contributed by atoms with van der Waals surface area (Å²) < 4.78 is 18.5. The maximum atomic E-state index is 13.4. The molecule has 1 aliphatic rings. The minimum absolute atomic E-state index is 0.111. The van der Waals surface area contributed by atoms with E-state index in [9.17, 15) is 14.0 Å². The topological polar surface area (TPSA) is 62.7 Å². The van der Waals surface area contributed by atoms with Gasteiger partial charge in [0, 0.05) is 36.6 Å². The summed E-state index contributed by atoms with van der Waals surface area (Å²) in [5.74, 6) is -0.706. The van der Waals surface area contributed by atoms with Gasteiger partial charge in [0.2, 0.25) is 0 Å². The second kappa shape index (κ2) is 12.4. The molecule has 0 bridgehead atoms. The fourth-order valence-electron chi connectivity index (χ4n) is 4.32. The monoisotopic (exact) mass is 529 g/mol. The molecule has 1 saturated heterocycles. The highest BCUT2D eigenvalue weighted by molar-refractivity contribution is 7.09. The van der Waals surface area contributed by atoms with Crippen LogP contribution >= 0.6 is 22.9 Å². The second-order valence-electron chi connectivity index (χ2n) is 8.85. The summed E-state index contributed by atoms with van der Waals surface area (Å²) in [5, 5.41) is 3.29. The number of rotatable bonds is 9. The molecule has 9 heteroatoms. The number of piperidine rings is 1. The third-order valence-corrected chi connectivity index (χ3v) is 7.22. The average Bonchev–Trinajstić information content (AvgIpc) is 3.33. The molecule has 0 unspecified atom stereocenters. The molecule has 1 aliphatic heterocycles. The molecule has 3 aromatic rings. The zero-order valence-electron chi connectivity index (χ0n) is 20.2. The molecule has 0 atom stereocenters. The van der Waals surface area contributed by atoms with Crippen molar-refractivity contribution in [2.45, 2.75) is 39.4 Å². The van der Waals surface area contributed by atoms with Crippen LogP contribution in [0.3, 0.4) is 0 Å². The van der Waals surface area contributed by atoms with Crippen molar-refractivity contribution in [1.82, 2.24) is 14.8 Å². The molecule has 1 fully saturated rings.